The van der Waals surface area contributed by atoms with Gasteiger partial charge in [-0.3, -0.25) is 9.00 Å². The molecule has 0 aliphatic rings. The molecule has 224 valence electrons. The van der Waals surface area contributed by atoms with Crippen LogP contribution in [0.3, 0.4) is 0 Å². The third-order valence-corrected chi connectivity index (χ3v) is 6.61. The highest BCUT2D eigenvalue weighted by Gasteiger charge is 2.07. The fourth-order valence-corrected chi connectivity index (χ4v) is 4.11. The van der Waals surface area contributed by atoms with Crippen molar-refractivity contribution in [3.05, 3.63) is 150 Å². The molecule has 0 N–H and O–H groups in total. The van der Waals surface area contributed by atoms with E-state index in [-0.39, 0.29) is 5.78 Å². The molecule has 0 heterocycles. The van der Waals surface area contributed by atoms with E-state index in [9.17, 15) is 4.79 Å². The standard InChI is InChI=1S/C24H22O.C7H16.C6H6.H2O3S/c1-19-12-14-21(15-13-19)17-24(25)18-23(22-10-6-3-7-11-22)16-20-8-4-2-5-9-20;1-4-7(5-2)6-3;1-2-4-6-5-3-1;1-4(2)3/h2-15,18H,16-17H2,1H3;7H,4-6H2,1-3H3;1-6H;(H2,1,2,3)/p-2/b23-18+;;;. The monoisotopic (exact) mass is 584 g/mol. The minimum absolute atomic E-state index is 0.138. The van der Waals surface area contributed by atoms with Gasteiger partial charge in [-0.05, 0) is 47.6 Å². The number of ketones is 1. The highest BCUT2D eigenvalue weighted by molar-refractivity contribution is 7.72. The van der Waals surface area contributed by atoms with E-state index in [1.807, 2.05) is 91.0 Å². The second-order valence-electron chi connectivity index (χ2n) is 9.78. The lowest BCUT2D eigenvalue weighted by Gasteiger charge is -2.09. The Bertz CT molecular complexity index is 1230. The molecule has 0 fully saturated rings. The molecule has 0 unspecified atom stereocenters. The van der Waals surface area contributed by atoms with Gasteiger partial charge in [0.1, 0.15) is 0 Å². The van der Waals surface area contributed by atoms with E-state index in [0.29, 0.717) is 6.42 Å². The van der Waals surface area contributed by atoms with Crippen LogP contribution in [0.4, 0.5) is 0 Å². The summed E-state index contributed by atoms with van der Waals surface area (Å²) in [6.07, 6.45) is 7.06. The van der Waals surface area contributed by atoms with Crippen molar-refractivity contribution in [2.75, 3.05) is 0 Å². The fraction of sp³-hybridized carbons (Fsp3) is 0.270. The van der Waals surface area contributed by atoms with Gasteiger partial charge in [-0.15, -0.1) is 11.4 Å². The summed E-state index contributed by atoms with van der Waals surface area (Å²) in [5.74, 6) is 1.12. The van der Waals surface area contributed by atoms with E-state index in [2.05, 4.69) is 64.1 Å². The van der Waals surface area contributed by atoms with Crippen molar-refractivity contribution in [1.29, 1.82) is 0 Å². The zero-order chi connectivity index (χ0) is 31.0. The fourth-order valence-electron chi connectivity index (χ4n) is 4.11. The molecule has 4 nitrogen and oxygen atoms in total. The number of carbonyl (C=O) groups is 1. The van der Waals surface area contributed by atoms with Crippen molar-refractivity contribution < 1.29 is 18.1 Å². The Hall–Kier alpha value is -3.64. The summed E-state index contributed by atoms with van der Waals surface area (Å²) >= 11 is -3.11. The largest absolute Gasteiger partial charge is 0.784 e. The van der Waals surface area contributed by atoms with Crippen molar-refractivity contribution >= 4 is 22.7 Å². The van der Waals surface area contributed by atoms with E-state index in [0.717, 1.165) is 29.0 Å². The Kier molecular flexibility index (Phi) is 19.9. The van der Waals surface area contributed by atoms with Gasteiger partial charge in [-0.25, -0.2) is 0 Å². The van der Waals surface area contributed by atoms with Crippen molar-refractivity contribution in [2.45, 2.75) is 59.8 Å². The zero-order valence-electron chi connectivity index (χ0n) is 25.3. The van der Waals surface area contributed by atoms with E-state index in [1.165, 1.54) is 30.4 Å². The third-order valence-electron chi connectivity index (χ3n) is 6.61. The molecule has 0 bridgehead atoms. The molecule has 0 aromatic heterocycles. The first-order valence-corrected chi connectivity index (χ1v) is 15.4. The molecular weight excluding hydrogens is 540 g/mol. The second kappa shape index (κ2) is 23.0. The van der Waals surface area contributed by atoms with Gasteiger partial charge in [-0.2, -0.15) is 0 Å². The van der Waals surface area contributed by atoms with E-state index in [1.54, 1.807) is 0 Å². The highest BCUT2D eigenvalue weighted by atomic mass is 32.2. The summed E-state index contributed by atoms with van der Waals surface area (Å²) < 4.78 is 25.3. The van der Waals surface area contributed by atoms with Gasteiger partial charge in [0.2, 0.25) is 0 Å². The molecule has 4 rings (SSSR count). The normalized spacial score (nSPS) is 10.4. The summed E-state index contributed by atoms with van der Waals surface area (Å²) in [5.41, 5.74) is 5.63. The van der Waals surface area contributed by atoms with Crippen LogP contribution < -0.4 is 0 Å². The summed E-state index contributed by atoms with van der Waals surface area (Å²) in [4.78, 5) is 12.6. The molecule has 0 spiro atoms. The van der Waals surface area contributed by atoms with Crippen LogP contribution in [-0.2, 0) is 29.0 Å². The minimum Gasteiger partial charge on any atom is -0.784 e. The lowest BCUT2D eigenvalue weighted by Crippen LogP contribution is -2.02. The summed E-state index contributed by atoms with van der Waals surface area (Å²) in [6, 6.07) is 40.6. The van der Waals surface area contributed by atoms with Crippen LogP contribution in [0, 0.1) is 12.8 Å². The highest BCUT2D eigenvalue weighted by Crippen LogP contribution is 2.20. The van der Waals surface area contributed by atoms with E-state index < -0.39 is 11.4 Å². The number of hydrogen-bond acceptors (Lipinski definition) is 4. The average Bonchev–Trinajstić information content (AvgIpc) is 3.01. The number of allylic oxidation sites excluding steroid dienone is 2. The number of rotatable bonds is 9. The Labute approximate surface area is 255 Å². The summed E-state index contributed by atoms with van der Waals surface area (Å²) in [5, 5.41) is 0. The van der Waals surface area contributed by atoms with Gasteiger partial charge in [0.05, 0.1) is 0 Å². The predicted molar refractivity (Wildman–Crippen MR) is 175 cm³/mol. The Balaban J connectivity index is 0.000000421. The number of carbonyl (C=O) groups excluding carboxylic acids is 1. The Morgan fingerprint density at radius 2 is 1.02 bits per heavy atom. The number of hydrogen-bond donors (Lipinski definition) is 0. The molecule has 0 amide bonds. The Morgan fingerprint density at radius 3 is 1.43 bits per heavy atom. The van der Waals surface area contributed by atoms with Gasteiger partial charge in [-0.1, -0.05) is 167 Å². The molecule has 0 radical (unpaired) electrons. The van der Waals surface area contributed by atoms with Gasteiger partial charge in [0, 0.05) is 6.42 Å². The van der Waals surface area contributed by atoms with Crippen molar-refractivity contribution in [2.24, 2.45) is 5.92 Å². The SMILES string of the molecule is CCC(CC)CC.Cc1ccc(CC(=O)/C=C(\Cc2ccccc2)c2ccccc2)cc1.O=S([O-])[O-].c1ccccc1. The molecule has 0 saturated carbocycles. The van der Waals surface area contributed by atoms with E-state index in [4.69, 9.17) is 13.3 Å². The van der Waals surface area contributed by atoms with Crippen LogP contribution in [0.5, 0.6) is 0 Å². The molecule has 0 aliphatic carbocycles. The van der Waals surface area contributed by atoms with Crippen LogP contribution in [0.2, 0.25) is 0 Å². The lowest BCUT2D eigenvalue weighted by atomic mass is 9.96. The number of aryl methyl sites for hydroxylation is 1. The quantitative estimate of drug-likeness (QED) is 0.145. The second-order valence-corrected chi connectivity index (χ2v) is 10.2. The summed E-state index contributed by atoms with van der Waals surface area (Å²) in [7, 11) is 0. The average molecular weight is 585 g/mol. The van der Waals surface area contributed by atoms with Crippen LogP contribution in [0.25, 0.3) is 5.57 Å². The molecule has 0 aliphatic heterocycles. The summed E-state index contributed by atoms with van der Waals surface area (Å²) in [6.45, 7) is 8.84. The van der Waals surface area contributed by atoms with Gasteiger partial charge < -0.3 is 9.11 Å². The van der Waals surface area contributed by atoms with Crippen LogP contribution >= 0.6 is 0 Å². The maximum Gasteiger partial charge on any atom is 0.160 e. The maximum atomic E-state index is 12.6. The molecule has 4 aromatic rings. The zero-order valence-corrected chi connectivity index (χ0v) is 26.1. The van der Waals surface area contributed by atoms with E-state index >= 15 is 0 Å². The topological polar surface area (TPSA) is 80.3 Å². The first-order valence-electron chi connectivity index (χ1n) is 14.4. The first-order chi connectivity index (χ1) is 20.3. The molecule has 5 heteroatoms. The van der Waals surface area contributed by atoms with Gasteiger partial charge >= 0.3 is 0 Å². The maximum absolute atomic E-state index is 12.6. The minimum atomic E-state index is -3.11. The number of benzene rings is 4. The molecule has 0 atom stereocenters. The first kappa shape index (κ1) is 36.4. The smallest absolute Gasteiger partial charge is 0.160 e. The van der Waals surface area contributed by atoms with Gasteiger partial charge in [0.15, 0.2) is 5.78 Å². The van der Waals surface area contributed by atoms with Crippen LogP contribution in [0.15, 0.2) is 127 Å². The molecule has 42 heavy (non-hydrogen) atoms. The van der Waals surface area contributed by atoms with Crippen LogP contribution in [-0.4, -0.2) is 19.1 Å². The lowest BCUT2D eigenvalue weighted by molar-refractivity contribution is -0.114. The van der Waals surface area contributed by atoms with Crippen molar-refractivity contribution in [1.82, 2.24) is 0 Å². The molecular formula is C37H44O4S-2. The van der Waals surface area contributed by atoms with Crippen molar-refractivity contribution in [3.63, 3.8) is 0 Å². The van der Waals surface area contributed by atoms with Crippen molar-refractivity contribution in [3.8, 4) is 0 Å². The molecule has 4 aromatic carbocycles. The van der Waals surface area contributed by atoms with Crippen LogP contribution in [0.1, 0.15) is 62.3 Å². The predicted octanol–water partition coefficient (Wildman–Crippen LogP) is 8.95. The Morgan fingerprint density at radius 1 is 0.643 bits per heavy atom. The third kappa shape index (κ3) is 17.9. The van der Waals surface area contributed by atoms with Gasteiger partial charge in [0.25, 0.3) is 0 Å². The molecule has 0 saturated heterocycles.